The molecule has 0 saturated carbocycles. The highest BCUT2D eigenvalue weighted by Crippen LogP contribution is 2.24. The number of hydrogen-bond donors (Lipinski definition) is 2. The van der Waals surface area contributed by atoms with Crippen LogP contribution in [-0.2, 0) is 4.79 Å². The van der Waals surface area contributed by atoms with Gasteiger partial charge >= 0.3 is 5.97 Å². The van der Waals surface area contributed by atoms with E-state index in [1.54, 1.807) is 13.8 Å². The first-order valence-electron chi connectivity index (χ1n) is 6.30. The van der Waals surface area contributed by atoms with E-state index >= 15 is 0 Å². The van der Waals surface area contributed by atoms with Crippen molar-refractivity contribution in [1.82, 2.24) is 0 Å². The normalized spacial score (nSPS) is 11.4. The van der Waals surface area contributed by atoms with Crippen molar-refractivity contribution in [3.8, 4) is 0 Å². The summed E-state index contributed by atoms with van der Waals surface area (Å²) in [7, 11) is 0. The van der Waals surface area contributed by atoms with E-state index in [4.69, 9.17) is 5.11 Å². The number of nitrogens with one attached hydrogen (secondary N) is 1. The molecule has 0 amide bonds. The first-order chi connectivity index (χ1) is 8.25. The van der Waals surface area contributed by atoms with Crippen LogP contribution >= 0.6 is 0 Å². The topological polar surface area (TPSA) is 49.3 Å². The van der Waals surface area contributed by atoms with Crippen LogP contribution in [0.5, 0.6) is 0 Å². The van der Waals surface area contributed by atoms with Gasteiger partial charge in [-0.05, 0) is 63.8 Å². The SMILES string of the molecule is Cc1ccc(NCCC(C)(C)C(=O)O)c(C)c1C. The Morgan fingerprint density at radius 2 is 1.83 bits per heavy atom. The van der Waals surface area contributed by atoms with Crippen molar-refractivity contribution in [1.29, 1.82) is 0 Å². The zero-order valence-corrected chi connectivity index (χ0v) is 11.9. The summed E-state index contributed by atoms with van der Waals surface area (Å²) in [5, 5.41) is 12.4. The maximum atomic E-state index is 11.0. The number of aliphatic carboxylic acids is 1. The Bertz CT molecular complexity index is 450. The lowest BCUT2D eigenvalue weighted by Crippen LogP contribution is -2.26. The summed E-state index contributed by atoms with van der Waals surface area (Å²) in [4.78, 5) is 11.0. The molecule has 1 aromatic rings. The van der Waals surface area contributed by atoms with Crippen molar-refractivity contribution < 1.29 is 9.90 Å². The number of anilines is 1. The van der Waals surface area contributed by atoms with Gasteiger partial charge in [0, 0.05) is 12.2 Å². The minimum absolute atomic E-state index is 0.606. The van der Waals surface area contributed by atoms with E-state index in [0.29, 0.717) is 13.0 Å². The highest BCUT2D eigenvalue weighted by atomic mass is 16.4. The van der Waals surface area contributed by atoms with Crippen molar-refractivity contribution >= 4 is 11.7 Å². The number of hydrogen-bond acceptors (Lipinski definition) is 2. The van der Waals surface area contributed by atoms with Crippen molar-refractivity contribution in [3.63, 3.8) is 0 Å². The molecule has 0 heterocycles. The molecule has 0 aliphatic heterocycles. The lowest BCUT2D eigenvalue weighted by atomic mass is 9.89. The number of rotatable bonds is 5. The smallest absolute Gasteiger partial charge is 0.309 e. The minimum Gasteiger partial charge on any atom is -0.481 e. The van der Waals surface area contributed by atoms with E-state index in [1.807, 2.05) is 0 Å². The Kier molecular flexibility index (Phi) is 4.38. The molecule has 0 radical (unpaired) electrons. The van der Waals surface area contributed by atoms with Gasteiger partial charge < -0.3 is 10.4 Å². The number of carboxylic acids is 1. The third-order valence-electron chi connectivity index (χ3n) is 3.70. The van der Waals surface area contributed by atoms with E-state index in [1.165, 1.54) is 16.7 Å². The summed E-state index contributed by atoms with van der Waals surface area (Å²) < 4.78 is 0. The van der Waals surface area contributed by atoms with Crippen molar-refractivity contribution in [2.24, 2.45) is 5.41 Å². The quantitative estimate of drug-likeness (QED) is 0.839. The fraction of sp³-hybridized carbons (Fsp3) is 0.533. The van der Waals surface area contributed by atoms with Gasteiger partial charge in [0.25, 0.3) is 0 Å². The molecule has 18 heavy (non-hydrogen) atoms. The summed E-state index contributed by atoms with van der Waals surface area (Å²) in [6, 6.07) is 4.15. The van der Waals surface area contributed by atoms with Crippen LogP contribution in [0.4, 0.5) is 5.69 Å². The van der Waals surface area contributed by atoms with Crippen LogP contribution < -0.4 is 5.32 Å². The summed E-state index contributed by atoms with van der Waals surface area (Å²) in [5.41, 5.74) is 4.23. The molecule has 1 rings (SSSR count). The molecule has 0 bridgehead atoms. The molecular formula is C15H23NO2. The Morgan fingerprint density at radius 1 is 1.22 bits per heavy atom. The predicted octanol–water partition coefficient (Wildman–Crippen LogP) is 3.52. The average Bonchev–Trinajstić information content (AvgIpc) is 2.29. The summed E-state index contributed by atoms with van der Waals surface area (Å²) >= 11 is 0. The van der Waals surface area contributed by atoms with E-state index < -0.39 is 11.4 Å². The number of benzene rings is 1. The zero-order valence-electron chi connectivity index (χ0n) is 11.9. The molecule has 1 aromatic carbocycles. The highest BCUT2D eigenvalue weighted by molar-refractivity contribution is 5.73. The van der Waals surface area contributed by atoms with Crippen molar-refractivity contribution in [2.75, 3.05) is 11.9 Å². The van der Waals surface area contributed by atoms with Gasteiger partial charge in [0.2, 0.25) is 0 Å². The molecule has 0 unspecified atom stereocenters. The number of carbonyl (C=O) groups is 1. The summed E-state index contributed by atoms with van der Waals surface area (Å²) in [5.74, 6) is -0.749. The Hall–Kier alpha value is -1.51. The van der Waals surface area contributed by atoms with Gasteiger partial charge in [0.1, 0.15) is 0 Å². The molecule has 0 fully saturated rings. The van der Waals surface area contributed by atoms with E-state index in [9.17, 15) is 4.79 Å². The van der Waals surface area contributed by atoms with Gasteiger partial charge in [-0.15, -0.1) is 0 Å². The zero-order chi connectivity index (χ0) is 13.9. The van der Waals surface area contributed by atoms with Gasteiger partial charge in [0.05, 0.1) is 5.41 Å². The Balaban J connectivity index is 2.66. The number of aryl methyl sites for hydroxylation is 1. The molecule has 0 spiro atoms. The van der Waals surface area contributed by atoms with E-state index in [-0.39, 0.29) is 0 Å². The monoisotopic (exact) mass is 249 g/mol. The van der Waals surface area contributed by atoms with Crippen LogP contribution in [0.2, 0.25) is 0 Å². The molecule has 0 aliphatic carbocycles. The highest BCUT2D eigenvalue weighted by Gasteiger charge is 2.26. The molecule has 3 nitrogen and oxygen atoms in total. The third kappa shape index (κ3) is 3.25. The molecule has 0 aliphatic rings. The van der Waals surface area contributed by atoms with Gasteiger partial charge in [-0.25, -0.2) is 0 Å². The summed E-state index contributed by atoms with van der Waals surface area (Å²) in [6.07, 6.45) is 0.606. The molecule has 2 N–H and O–H groups in total. The molecular weight excluding hydrogens is 226 g/mol. The number of carboxylic acid groups (broad SMARTS) is 1. The van der Waals surface area contributed by atoms with Gasteiger partial charge in [0.15, 0.2) is 0 Å². The minimum atomic E-state index is -0.749. The van der Waals surface area contributed by atoms with Crippen LogP contribution in [0, 0.1) is 26.2 Å². The van der Waals surface area contributed by atoms with Gasteiger partial charge in [-0.1, -0.05) is 6.07 Å². The first-order valence-corrected chi connectivity index (χ1v) is 6.30. The Morgan fingerprint density at radius 3 is 2.39 bits per heavy atom. The van der Waals surface area contributed by atoms with Crippen LogP contribution in [0.3, 0.4) is 0 Å². The summed E-state index contributed by atoms with van der Waals surface area (Å²) in [6.45, 7) is 10.5. The Labute approximate surface area is 109 Å². The molecule has 3 heteroatoms. The molecule has 100 valence electrons. The largest absolute Gasteiger partial charge is 0.481 e. The van der Waals surface area contributed by atoms with Crippen LogP contribution in [0.25, 0.3) is 0 Å². The second-order valence-corrected chi connectivity index (χ2v) is 5.55. The standard InChI is InChI=1S/C15H23NO2/c1-10-6-7-13(12(3)11(10)2)16-9-8-15(4,5)14(17)18/h6-7,16H,8-9H2,1-5H3,(H,17,18). The maximum Gasteiger partial charge on any atom is 0.309 e. The molecule has 0 atom stereocenters. The van der Waals surface area contributed by atoms with Gasteiger partial charge in [-0.2, -0.15) is 0 Å². The van der Waals surface area contributed by atoms with Crippen LogP contribution in [0.1, 0.15) is 37.0 Å². The fourth-order valence-corrected chi connectivity index (χ4v) is 1.76. The molecule has 0 saturated heterocycles. The average molecular weight is 249 g/mol. The fourth-order valence-electron chi connectivity index (χ4n) is 1.76. The maximum absolute atomic E-state index is 11.0. The lowest BCUT2D eigenvalue weighted by molar-refractivity contribution is -0.147. The molecule has 0 aromatic heterocycles. The van der Waals surface area contributed by atoms with Crippen molar-refractivity contribution in [3.05, 3.63) is 28.8 Å². The second kappa shape index (κ2) is 5.42. The van der Waals surface area contributed by atoms with Crippen LogP contribution in [-0.4, -0.2) is 17.6 Å². The first kappa shape index (κ1) is 14.6. The third-order valence-corrected chi connectivity index (χ3v) is 3.70. The van der Waals surface area contributed by atoms with Crippen molar-refractivity contribution in [2.45, 2.75) is 41.0 Å². The second-order valence-electron chi connectivity index (χ2n) is 5.55. The van der Waals surface area contributed by atoms with E-state index in [2.05, 4.69) is 38.2 Å². The lowest BCUT2D eigenvalue weighted by Gasteiger charge is -2.20. The van der Waals surface area contributed by atoms with Gasteiger partial charge in [-0.3, -0.25) is 4.79 Å². The van der Waals surface area contributed by atoms with E-state index in [0.717, 1.165) is 5.69 Å². The predicted molar refractivity (Wildman–Crippen MR) is 75.2 cm³/mol. The van der Waals surface area contributed by atoms with Crippen LogP contribution in [0.15, 0.2) is 12.1 Å².